The molecule has 0 unspecified atom stereocenters. The van der Waals surface area contributed by atoms with Gasteiger partial charge in [0.05, 0.1) is 24.0 Å². The minimum atomic E-state index is -0.234. The van der Waals surface area contributed by atoms with E-state index in [1.807, 2.05) is 27.8 Å². The van der Waals surface area contributed by atoms with Crippen LogP contribution < -0.4 is 4.90 Å². The number of carbonyl (C=O) groups excluding carboxylic acids is 1. The molecule has 0 N–H and O–H groups in total. The summed E-state index contributed by atoms with van der Waals surface area (Å²) in [5.41, 5.74) is 3.82. The van der Waals surface area contributed by atoms with Crippen LogP contribution in [0.2, 0.25) is 0 Å². The molecule has 6 heteroatoms. The third-order valence-electron chi connectivity index (χ3n) is 5.45. The molecular formula is C23H25FN4O. The number of piperazine rings is 1. The van der Waals surface area contributed by atoms with Crippen molar-refractivity contribution in [3.8, 4) is 0 Å². The molecular weight excluding hydrogens is 367 g/mol. The maximum atomic E-state index is 13.1. The Morgan fingerprint density at radius 2 is 1.69 bits per heavy atom. The van der Waals surface area contributed by atoms with E-state index >= 15 is 0 Å². The van der Waals surface area contributed by atoms with Crippen molar-refractivity contribution in [3.63, 3.8) is 0 Å². The van der Waals surface area contributed by atoms with Crippen molar-refractivity contribution >= 4 is 11.6 Å². The molecule has 3 aromatic rings. The first kappa shape index (κ1) is 19.2. The van der Waals surface area contributed by atoms with Gasteiger partial charge in [0.15, 0.2) is 0 Å². The summed E-state index contributed by atoms with van der Waals surface area (Å²) in [5, 5.41) is 4.49. The predicted molar refractivity (Wildman–Crippen MR) is 112 cm³/mol. The number of benzene rings is 2. The molecule has 0 atom stereocenters. The highest BCUT2D eigenvalue weighted by Crippen LogP contribution is 2.19. The maximum absolute atomic E-state index is 13.1. The molecule has 1 aliphatic rings. The molecule has 1 amide bonds. The lowest BCUT2D eigenvalue weighted by Gasteiger charge is -2.36. The molecule has 5 nitrogen and oxygen atoms in total. The second kappa shape index (κ2) is 8.47. The van der Waals surface area contributed by atoms with Crippen LogP contribution in [0.15, 0.2) is 60.8 Å². The molecule has 150 valence electrons. The summed E-state index contributed by atoms with van der Waals surface area (Å²) >= 11 is 0. The quantitative estimate of drug-likeness (QED) is 0.666. The van der Waals surface area contributed by atoms with Gasteiger partial charge >= 0.3 is 0 Å². The van der Waals surface area contributed by atoms with Crippen LogP contribution in [0, 0.1) is 5.82 Å². The lowest BCUT2D eigenvalue weighted by atomic mass is 10.1. The Kier molecular flexibility index (Phi) is 5.60. The summed E-state index contributed by atoms with van der Waals surface area (Å²) in [6.45, 7) is 5.47. The zero-order valence-electron chi connectivity index (χ0n) is 16.6. The fourth-order valence-electron chi connectivity index (χ4n) is 3.84. The van der Waals surface area contributed by atoms with E-state index in [9.17, 15) is 9.18 Å². The highest BCUT2D eigenvalue weighted by Gasteiger charge is 2.25. The molecule has 0 radical (unpaired) electrons. The summed E-state index contributed by atoms with van der Waals surface area (Å²) in [6, 6.07) is 16.7. The number of anilines is 1. The molecule has 2 aromatic carbocycles. The minimum absolute atomic E-state index is 0.0416. The Morgan fingerprint density at radius 1 is 1.00 bits per heavy atom. The van der Waals surface area contributed by atoms with Gasteiger partial charge < -0.3 is 9.80 Å². The number of rotatable bonds is 5. The average molecular weight is 392 g/mol. The maximum Gasteiger partial charge on any atom is 0.257 e. The predicted octanol–water partition coefficient (Wildman–Crippen LogP) is 3.60. The number of amides is 1. The third-order valence-corrected chi connectivity index (χ3v) is 5.45. The summed E-state index contributed by atoms with van der Waals surface area (Å²) in [5.74, 6) is -0.193. The van der Waals surface area contributed by atoms with Crippen molar-refractivity contribution in [2.75, 3.05) is 31.1 Å². The van der Waals surface area contributed by atoms with Gasteiger partial charge in [0.25, 0.3) is 5.91 Å². The molecule has 1 aliphatic heterocycles. The summed E-state index contributed by atoms with van der Waals surface area (Å²) in [7, 11) is 0. The molecule has 0 bridgehead atoms. The normalized spacial score (nSPS) is 14.3. The second-order valence-corrected chi connectivity index (χ2v) is 7.26. The van der Waals surface area contributed by atoms with Gasteiger partial charge in [0, 0.05) is 31.9 Å². The van der Waals surface area contributed by atoms with Gasteiger partial charge in [-0.25, -0.2) is 4.39 Å². The average Bonchev–Trinajstić information content (AvgIpc) is 3.17. The van der Waals surface area contributed by atoms with Crippen molar-refractivity contribution < 1.29 is 9.18 Å². The van der Waals surface area contributed by atoms with Crippen LogP contribution >= 0.6 is 0 Å². The number of hydrogen-bond acceptors (Lipinski definition) is 3. The van der Waals surface area contributed by atoms with Crippen LogP contribution in [0.5, 0.6) is 0 Å². The molecule has 0 saturated carbocycles. The van der Waals surface area contributed by atoms with Crippen LogP contribution in [0.4, 0.5) is 10.1 Å². The Balaban J connectivity index is 1.44. The van der Waals surface area contributed by atoms with Gasteiger partial charge in [0.1, 0.15) is 5.82 Å². The zero-order valence-corrected chi connectivity index (χ0v) is 16.6. The van der Waals surface area contributed by atoms with E-state index in [2.05, 4.69) is 29.1 Å². The first-order valence-electron chi connectivity index (χ1n) is 10.0. The molecule has 29 heavy (non-hydrogen) atoms. The lowest BCUT2D eigenvalue weighted by molar-refractivity contribution is 0.0745. The van der Waals surface area contributed by atoms with Crippen LogP contribution in [0.25, 0.3) is 0 Å². The Morgan fingerprint density at radius 3 is 2.34 bits per heavy atom. The van der Waals surface area contributed by atoms with Crippen molar-refractivity contribution in [1.82, 2.24) is 14.7 Å². The third kappa shape index (κ3) is 4.16. The van der Waals surface area contributed by atoms with E-state index in [1.54, 1.807) is 18.3 Å². The van der Waals surface area contributed by atoms with Gasteiger partial charge in [-0.2, -0.15) is 5.10 Å². The van der Waals surface area contributed by atoms with Gasteiger partial charge in [-0.15, -0.1) is 0 Å². The minimum Gasteiger partial charge on any atom is -0.368 e. The fraction of sp³-hybridized carbons (Fsp3) is 0.304. The van der Waals surface area contributed by atoms with E-state index < -0.39 is 0 Å². The summed E-state index contributed by atoms with van der Waals surface area (Å²) < 4.78 is 15.1. The summed E-state index contributed by atoms with van der Waals surface area (Å²) in [4.78, 5) is 17.2. The number of halogens is 1. The van der Waals surface area contributed by atoms with E-state index in [-0.39, 0.29) is 11.7 Å². The Bertz CT molecular complexity index is 960. The molecule has 4 rings (SSSR count). The first-order chi connectivity index (χ1) is 14.2. The lowest BCUT2D eigenvalue weighted by Crippen LogP contribution is -2.49. The highest BCUT2D eigenvalue weighted by molar-refractivity contribution is 5.95. The summed E-state index contributed by atoms with van der Waals surface area (Å²) in [6.07, 6.45) is 2.46. The number of carbonyl (C=O) groups is 1. The van der Waals surface area contributed by atoms with Crippen molar-refractivity contribution in [3.05, 3.63) is 83.4 Å². The SMILES string of the molecule is CCc1c(C(=O)N2CCN(c3ccc(F)cc3)CC2)cnn1Cc1ccccc1. The van der Waals surface area contributed by atoms with Crippen molar-refractivity contribution in [1.29, 1.82) is 0 Å². The van der Waals surface area contributed by atoms with E-state index in [0.29, 0.717) is 25.2 Å². The molecule has 0 aliphatic carbocycles. The van der Waals surface area contributed by atoms with Crippen molar-refractivity contribution in [2.24, 2.45) is 0 Å². The zero-order chi connectivity index (χ0) is 20.2. The highest BCUT2D eigenvalue weighted by atomic mass is 19.1. The number of aromatic nitrogens is 2. The molecule has 1 aromatic heterocycles. The standard InChI is InChI=1S/C23H25FN4O/c1-2-22-21(16-25-28(22)17-18-6-4-3-5-7-18)23(29)27-14-12-26(13-15-27)20-10-8-19(24)9-11-20/h3-11,16H,2,12-15,17H2,1H3. The van der Waals surface area contributed by atoms with Crippen LogP contribution in [-0.2, 0) is 13.0 Å². The smallest absolute Gasteiger partial charge is 0.257 e. The van der Waals surface area contributed by atoms with Gasteiger partial charge in [-0.1, -0.05) is 37.3 Å². The van der Waals surface area contributed by atoms with E-state index in [1.165, 1.54) is 12.1 Å². The van der Waals surface area contributed by atoms with Gasteiger partial charge in [-0.05, 0) is 36.2 Å². The number of hydrogen-bond donors (Lipinski definition) is 0. The fourth-order valence-corrected chi connectivity index (χ4v) is 3.84. The van der Waals surface area contributed by atoms with Crippen LogP contribution in [0.1, 0.15) is 28.5 Å². The Hall–Kier alpha value is -3.15. The molecule has 0 spiro atoms. The van der Waals surface area contributed by atoms with E-state index in [0.717, 1.165) is 36.5 Å². The topological polar surface area (TPSA) is 41.4 Å². The monoisotopic (exact) mass is 392 g/mol. The molecule has 1 fully saturated rings. The van der Waals surface area contributed by atoms with Gasteiger partial charge in [-0.3, -0.25) is 9.48 Å². The van der Waals surface area contributed by atoms with E-state index in [4.69, 9.17) is 0 Å². The first-order valence-corrected chi connectivity index (χ1v) is 10.0. The molecule has 1 saturated heterocycles. The number of nitrogens with zero attached hydrogens (tertiary/aromatic N) is 4. The second-order valence-electron chi connectivity index (χ2n) is 7.26. The van der Waals surface area contributed by atoms with Crippen LogP contribution in [0.3, 0.4) is 0 Å². The van der Waals surface area contributed by atoms with Crippen LogP contribution in [-0.4, -0.2) is 46.8 Å². The largest absolute Gasteiger partial charge is 0.368 e. The van der Waals surface area contributed by atoms with Gasteiger partial charge in [0.2, 0.25) is 0 Å². The molecule has 2 heterocycles. The van der Waals surface area contributed by atoms with Crippen molar-refractivity contribution in [2.45, 2.75) is 19.9 Å². The Labute approximate surface area is 170 Å².